The van der Waals surface area contributed by atoms with Crippen LogP contribution < -0.4 is 0 Å². The number of hydrogen-bond donors (Lipinski definition) is 0. The molecule has 1 saturated heterocycles. The van der Waals surface area contributed by atoms with Crippen molar-refractivity contribution >= 4 is 0 Å². The summed E-state index contributed by atoms with van der Waals surface area (Å²) in [6.45, 7) is 6.95. The summed E-state index contributed by atoms with van der Waals surface area (Å²) in [5.74, 6) is 0. The lowest BCUT2D eigenvalue weighted by Crippen LogP contribution is -2.27. The van der Waals surface area contributed by atoms with E-state index in [1.165, 1.54) is 19.3 Å². The van der Waals surface area contributed by atoms with Crippen LogP contribution in [0, 0.1) is 0 Å². The minimum Gasteiger partial charge on any atom is -0.287 e. The van der Waals surface area contributed by atoms with Crippen LogP contribution in [-0.4, -0.2) is 10.9 Å². The molecule has 1 aromatic rings. The molecular weight excluding hydrogens is 194 g/mol. The molecule has 1 nitrogen and oxygen atoms in total. The average molecular weight is 215 g/mol. The van der Waals surface area contributed by atoms with Gasteiger partial charge in [-0.1, -0.05) is 25.1 Å². The van der Waals surface area contributed by atoms with Crippen molar-refractivity contribution < 1.29 is 0 Å². The molecule has 1 aromatic carbocycles. The highest BCUT2D eigenvalue weighted by Gasteiger charge is 2.45. The van der Waals surface area contributed by atoms with Crippen LogP contribution in [0.2, 0.25) is 0 Å². The first kappa shape index (κ1) is 10.3. The lowest BCUT2D eigenvalue weighted by atomic mass is 9.87. The lowest BCUT2D eigenvalue weighted by molar-refractivity contribution is 0.173. The normalized spacial score (nSPS) is 27.8. The molecule has 1 heteroatoms. The molecule has 0 spiro atoms. The van der Waals surface area contributed by atoms with E-state index in [4.69, 9.17) is 0 Å². The first-order chi connectivity index (χ1) is 7.74. The monoisotopic (exact) mass is 215 g/mol. The number of rotatable bonds is 2. The first-order valence-electron chi connectivity index (χ1n) is 6.63. The van der Waals surface area contributed by atoms with Gasteiger partial charge >= 0.3 is 0 Å². The van der Waals surface area contributed by atoms with Crippen LogP contribution in [0.3, 0.4) is 0 Å². The lowest BCUT2D eigenvalue weighted by Gasteiger charge is -2.26. The molecular formula is C15H21N. The minimum atomic E-state index is 0.676. The van der Waals surface area contributed by atoms with Crippen LogP contribution in [-0.2, 0) is 6.42 Å². The van der Waals surface area contributed by atoms with E-state index in [0.29, 0.717) is 12.1 Å². The summed E-state index contributed by atoms with van der Waals surface area (Å²) in [5.41, 5.74) is 4.88. The Morgan fingerprint density at radius 2 is 2.00 bits per heavy atom. The van der Waals surface area contributed by atoms with Crippen molar-refractivity contribution in [1.82, 2.24) is 4.90 Å². The van der Waals surface area contributed by atoms with Crippen LogP contribution in [0.4, 0.5) is 0 Å². The Balaban J connectivity index is 2.11. The van der Waals surface area contributed by atoms with Gasteiger partial charge < -0.3 is 0 Å². The fourth-order valence-corrected chi connectivity index (χ4v) is 3.80. The summed E-state index contributed by atoms with van der Waals surface area (Å²) in [6, 6.07) is 9.03. The second kappa shape index (κ2) is 3.59. The Kier molecular flexibility index (Phi) is 2.32. The Morgan fingerprint density at radius 1 is 1.25 bits per heavy atom. The van der Waals surface area contributed by atoms with Crippen LogP contribution >= 0.6 is 0 Å². The van der Waals surface area contributed by atoms with Gasteiger partial charge in [0.15, 0.2) is 0 Å². The molecule has 2 atom stereocenters. The van der Waals surface area contributed by atoms with Gasteiger partial charge in [-0.25, -0.2) is 0 Å². The van der Waals surface area contributed by atoms with Gasteiger partial charge in [-0.2, -0.15) is 0 Å². The minimum absolute atomic E-state index is 0.676. The first-order valence-corrected chi connectivity index (χ1v) is 6.63. The molecule has 0 N–H and O–H groups in total. The highest BCUT2D eigenvalue weighted by atomic mass is 15.3. The van der Waals surface area contributed by atoms with Crippen molar-refractivity contribution in [1.29, 1.82) is 0 Å². The molecule has 0 saturated carbocycles. The van der Waals surface area contributed by atoms with Gasteiger partial charge in [0.25, 0.3) is 0 Å². The van der Waals surface area contributed by atoms with Crippen LogP contribution in [0.25, 0.3) is 0 Å². The SMILES string of the molecule is CCc1cccc2c1C1CCC2N1C(C)C. The third kappa shape index (κ3) is 1.21. The molecule has 3 rings (SSSR count). The Labute approximate surface area is 98.5 Å². The van der Waals surface area contributed by atoms with Crippen molar-refractivity contribution in [2.24, 2.45) is 0 Å². The van der Waals surface area contributed by atoms with Gasteiger partial charge in [-0.3, -0.25) is 4.90 Å². The molecule has 2 aliphatic rings. The van der Waals surface area contributed by atoms with E-state index in [2.05, 4.69) is 43.9 Å². The van der Waals surface area contributed by atoms with Gasteiger partial charge in [0, 0.05) is 18.1 Å². The maximum atomic E-state index is 2.73. The fraction of sp³-hybridized carbons (Fsp3) is 0.600. The zero-order valence-corrected chi connectivity index (χ0v) is 10.5. The number of nitrogens with zero attached hydrogens (tertiary/aromatic N) is 1. The van der Waals surface area contributed by atoms with Crippen molar-refractivity contribution in [3.8, 4) is 0 Å². The van der Waals surface area contributed by atoms with Crippen molar-refractivity contribution in [3.05, 3.63) is 34.9 Å². The van der Waals surface area contributed by atoms with E-state index in [9.17, 15) is 0 Å². The molecule has 16 heavy (non-hydrogen) atoms. The summed E-state index contributed by atoms with van der Waals surface area (Å²) in [7, 11) is 0. The fourth-order valence-electron chi connectivity index (χ4n) is 3.80. The second-order valence-electron chi connectivity index (χ2n) is 5.42. The molecule has 0 radical (unpaired) electrons. The summed E-state index contributed by atoms with van der Waals surface area (Å²) in [4.78, 5) is 2.73. The molecule has 2 heterocycles. The Morgan fingerprint density at radius 3 is 2.69 bits per heavy atom. The van der Waals surface area contributed by atoms with Crippen LogP contribution in [0.5, 0.6) is 0 Å². The summed E-state index contributed by atoms with van der Waals surface area (Å²) < 4.78 is 0. The highest BCUT2D eigenvalue weighted by Crippen LogP contribution is 2.54. The molecule has 2 unspecified atom stereocenters. The van der Waals surface area contributed by atoms with Crippen molar-refractivity contribution in [2.45, 2.75) is 58.2 Å². The largest absolute Gasteiger partial charge is 0.287 e. The van der Waals surface area contributed by atoms with E-state index in [1.807, 2.05) is 0 Å². The molecule has 2 bridgehead atoms. The van der Waals surface area contributed by atoms with E-state index in [0.717, 1.165) is 6.04 Å². The van der Waals surface area contributed by atoms with Gasteiger partial charge in [-0.05, 0) is 49.8 Å². The Hall–Kier alpha value is -0.820. The highest BCUT2D eigenvalue weighted by molar-refractivity contribution is 5.45. The summed E-state index contributed by atoms with van der Waals surface area (Å²) in [5, 5.41) is 0. The molecule has 86 valence electrons. The number of fused-ring (bicyclic) bond motifs is 5. The third-order valence-corrected chi connectivity index (χ3v) is 4.33. The Bertz CT molecular complexity index is 408. The van der Waals surface area contributed by atoms with Crippen molar-refractivity contribution in [2.75, 3.05) is 0 Å². The number of benzene rings is 1. The van der Waals surface area contributed by atoms with Gasteiger partial charge in [0.1, 0.15) is 0 Å². The van der Waals surface area contributed by atoms with Gasteiger partial charge in [0.05, 0.1) is 0 Å². The van der Waals surface area contributed by atoms with E-state index in [-0.39, 0.29) is 0 Å². The third-order valence-electron chi connectivity index (χ3n) is 4.33. The zero-order valence-electron chi connectivity index (χ0n) is 10.5. The smallest absolute Gasteiger partial charge is 0.0363 e. The van der Waals surface area contributed by atoms with Gasteiger partial charge in [0.2, 0.25) is 0 Å². The van der Waals surface area contributed by atoms with E-state index < -0.39 is 0 Å². The predicted octanol–water partition coefficient (Wildman–Crippen LogP) is 3.85. The molecule has 0 aliphatic carbocycles. The van der Waals surface area contributed by atoms with Crippen LogP contribution in [0.1, 0.15) is 62.4 Å². The molecule has 0 aromatic heterocycles. The molecule has 0 amide bonds. The standard InChI is InChI=1S/C15H21N/c1-4-11-6-5-7-12-13-8-9-14(15(11)12)16(13)10(2)3/h5-7,10,13-14H,4,8-9H2,1-3H3. The van der Waals surface area contributed by atoms with Gasteiger partial charge in [-0.15, -0.1) is 0 Å². The topological polar surface area (TPSA) is 3.24 Å². The van der Waals surface area contributed by atoms with E-state index in [1.54, 1.807) is 16.7 Å². The van der Waals surface area contributed by atoms with E-state index >= 15 is 0 Å². The zero-order chi connectivity index (χ0) is 11.3. The maximum Gasteiger partial charge on any atom is 0.0363 e. The van der Waals surface area contributed by atoms with Crippen molar-refractivity contribution in [3.63, 3.8) is 0 Å². The number of aryl methyl sites for hydroxylation is 1. The average Bonchev–Trinajstić information content (AvgIpc) is 2.84. The molecule has 1 fully saturated rings. The summed E-state index contributed by atoms with van der Waals surface area (Å²) in [6.07, 6.45) is 3.91. The maximum absolute atomic E-state index is 2.73. The quantitative estimate of drug-likeness (QED) is 0.724. The number of hydrogen-bond acceptors (Lipinski definition) is 1. The predicted molar refractivity (Wildman–Crippen MR) is 67.5 cm³/mol. The summed E-state index contributed by atoms with van der Waals surface area (Å²) >= 11 is 0. The van der Waals surface area contributed by atoms with Crippen LogP contribution in [0.15, 0.2) is 18.2 Å². The molecule has 2 aliphatic heterocycles. The second-order valence-corrected chi connectivity index (χ2v) is 5.42.